The van der Waals surface area contributed by atoms with Crippen molar-refractivity contribution < 1.29 is 4.74 Å². The molecule has 1 rings (SSSR count). The molecule has 0 aromatic carbocycles. The van der Waals surface area contributed by atoms with Gasteiger partial charge in [-0.1, -0.05) is 6.08 Å². The zero-order valence-electron chi connectivity index (χ0n) is 7.40. The van der Waals surface area contributed by atoms with Crippen molar-refractivity contribution >= 4 is 0 Å². The van der Waals surface area contributed by atoms with Gasteiger partial charge in [0.2, 0.25) is 5.88 Å². The summed E-state index contributed by atoms with van der Waals surface area (Å²) in [4.78, 5) is 7.90. The van der Waals surface area contributed by atoms with E-state index < -0.39 is 0 Å². The van der Waals surface area contributed by atoms with Gasteiger partial charge in [-0.25, -0.2) is 15.4 Å². The average Bonchev–Trinajstić information content (AvgIpc) is 2.20. The zero-order chi connectivity index (χ0) is 9.68. The molecule has 13 heavy (non-hydrogen) atoms. The van der Waals surface area contributed by atoms with Crippen LogP contribution in [0.1, 0.15) is 11.7 Å². The molecule has 0 fully saturated rings. The molecule has 1 atom stereocenters. The molecule has 0 aliphatic carbocycles. The number of methoxy groups -OCH3 is 1. The minimum absolute atomic E-state index is 0.183. The van der Waals surface area contributed by atoms with Crippen molar-refractivity contribution in [3.05, 3.63) is 30.7 Å². The van der Waals surface area contributed by atoms with Crippen LogP contribution < -0.4 is 16.0 Å². The van der Waals surface area contributed by atoms with Gasteiger partial charge in [0.15, 0.2) is 0 Å². The quantitative estimate of drug-likeness (QED) is 0.392. The van der Waals surface area contributed by atoms with E-state index in [2.05, 4.69) is 22.0 Å². The Hall–Kier alpha value is -1.46. The Morgan fingerprint density at radius 3 is 3.00 bits per heavy atom. The lowest BCUT2D eigenvalue weighted by Crippen LogP contribution is -2.27. The predicted octanol–water partition coefficient (Wildman–Crippen LogP) is 0.176. The topological polar surface area (TPSA) is 73.1 Å². The number of hydrogen-bond donors (Lipinski definition) is 2. The van der Waals surface area contributed by atoms with E-state index in [1.54, 1.807) is 19.3 Å². The van der Waals surface area contributed by atoms with Crippen LogP contribution in [0.4, 0.5) is 0 Å². The Morgan fingerprint density at radius 2 is 2.46 bits per heavy atom. The lowest BCUT2D eigenvalue weighted by molar-refractivity contribution is 0.395. The number of nitrogens with two attached hydrogens (primary N) is 1. The second-order valence-corrected chi connectivity index (χ2v) is 2.37. The van der Waals surface area contributed by atoms with E-state index in [-0.39, 0.29) is 6.04 Å². The fourth-order valence-electron chi connectivity index (χ4n) is 0.909. The van der Waals surface area contributed by atoms with Crippen LogP contribution in [0, 0.1) is 0 Å². The van der Waals surface area contributed by atoms with Gasteiger partial charge in [0.1, 0.15) is 6.33 Å². The highest BCUT2D eigenvalue weighted by Crippen LogP contribution is 2.13. The first kappa shape index (κ1) is 9.63. The summed E-state index contributed by atoms with van der Waals surface area (Å²) in [6, 6.07) is 1.52. The summed E-state index contributed by atoms with van der Waals surface area (Å²) >= 11 is 0. The largest absolute Gasteiger partial charge is 0.481 e. The first-order valence-corrected chi connectivity index (χ1v) is 3.76. The number of rotatable bonds is 4. The molecule has 70 valence electrons. The monoisotopic (exact) mass is 180 g/mol. The normalized spacial score (nSPS) is 12.2. The van der Waals surface area contributed by atoms with Crippen LogP contribution in [0.15, 0.2) is 25.0 Å². The number of nitrogens with one attached hydrogen (secondary N) is 1. The Labute approximate surface area is 76.6 Å². The van der Waals surface area contributed by atoms with Crippen molar-refractivity contribution in [3.8, 4) is 5.88 Å². The molecule has 0 aliphatic rings. The van der Waals surface area contributed by atoms with E-state index in [1.165, 1.54) is 6.33 Å². The van der Waals surface area contributed by atoms with Gasteiger partial charge in [-0.05, 0) is 0 Å². The minimum Gasteiger partial charge on any atom is -0.481 e. The SMILES string of the molecule is C=CC(NN)c1cc(OC)ncn1. The number of hydrazine groups is 1. The Kier molecular flexibility index (Phi) is 3.36. The summed E-state index contributed by atoms with van der Waals surface area (Å²) in [6.45, 7) is 3.62. The number of nitrogens with zero attached hydrogens (tertiary/aromatic N) is 2. The smallest absolute Gasteiger partial charge is 0.216 e. The predicted molar refractivity (Wildman–Crippen MR) is 48.8 cm³/mol. The Morgan fingerprint density at radius 1 is 1.69 bits per heavy atom. The molecule has 1 heterocycles. The van der Waals surface area contributed by atoms with Gasteiger partial charge < -0.3 is 4.74 Å². The van der Waals surface area contributed by atoms with Gasteiger partial charge >= 0.3 is 0 Å². The van der Waals surface area contributed by atoms with Crippen molar-refractivity contribution in [2.45, 2.75) is 6.04 Å². The molecule has 1 aromatic heterocycles. The number of hydrogen-bond acceptors (Lipinski definition) is 5. The number of ether oxygens (including phenoxy) is 1. The second kappa shape index (κ2) is 4.54. The third-order valence-electron chi connectivity index (χ3n) is 1.61. The van der Waals surface area contributed by atoms with Crippen molar-refractivity contribution in [1.29, 1.82) is 0 Å². The molecular formula is C8H12N4O. The first-order chi connectivity index (χ1) is 6.31. The standard InChI is InChI=1S/C8H12N4O/c1-3-6(12-9)7-4-8(13-2)11-5-10-7/h3-6,12H,1,9H2,2H3. The lowest BCUT2D eigenvalue weighted by Gasteiger charge is -2.10. The number of aromatic nitrogens is 2. The molecule has 1 unspecified atom stereocenters. The van der Waals surface area contributed by atoms with Crippen LogP contribution >= 0.6 is 0 Å². The molecular weight excluding hydrogens is 168 g/mol. The second-order valence-electron chi connectivity index (χ2n) is 2.37. The van der Waals surface area contributed by atoms with Crippen LogP contribution in [0.3, 0.4) is 0 Å². The summed E-state index contributed by atoms with van der Waals surface area (Å²) in [5, 5.41) is 0. The summed E-state index contributed by atoms with van der Waals surface area (Å²) in [6.07, 6.45) is 3.07. The summed E-state index contributed by atoms with van der Waals surface area (Å²) in [5.41, 5.74) is 3.28. The van der Waals surface area contributed by atoms with Crippen LogP contribution in [0.25, 0.3) is 0 Å². The summed E-state index contributed by atoms with van der Waals surface area (Å²) < 4.78 is 4.94. The molecule has 0 saturated carbocycles. The highest BCUT2D eigenvalue weighted by molar-refractivity contribution is 5.19. The summed E-state index contributed by atoms with van der Waals surface area (Å²) in [7, 11) is 1.55. The van der Waals surface area contributed by atoms with E-state index in [4.69, 9.17) is 10.6 Å². The van der Waals surface area contributed by atoms with Gasteiger partial charge in [0.25, 0.3) is 0 Å². The van der Waals surface area contributed by atoms with E-state index in [9.17, 15) is 0 Å². The van der Waals surface area contributed by atoms with E-state index in [1.807, 2.05) is 0 Å². The first-order valence-electron chi connectivity index (χ1n) is 3.76. The molecule has 0 spiro atoms. The molecule has 5 heteroatoms. The zero-order valence-corrected chi connectivity index (χ0v) is 7.40. The van der Waals surface area contributed by atoms with Gasteiger partial charge in [-0.15, -0.1) is 6.58 Å². The van der Waals surface area contributed by atoms with E-state index in [0.717, 1.165) is 5.69 Å². The van der Waals surface area contributed by atoms with Crippen LogP contribution in [-0.2, 0) is 0 Å². The van der Waals surface area contributed by atoms with Crippen molar-refractivity contribution in [1.82, 2.24) is 15.4 Å². The van der Waals surface area contributed by atoms with Gasteiger partial charge in [0, 0.05) is 6.07 Å². The Bertz CT molecular complexity index is 289. The van der Waals surface area contributed by atoms with Gasteiger partial charge in [0.05, 0.1) is 18.8 Å². The fourth-order valence-corrected chi connectivity index (χ4v) is 0.909. The van der Waals surface area contributed by atoms with E-state index in [0.29, 0.717) is 5.88 Å². The summed E-state index contributed by atoms with van der Waals surface area (Å²) in [5.74, 6) is 5.79. The molecule has 0 saturated heterocycles. The van der Waals surface area contributed by atoms with Crippen LogP contribution in [0.5, 0.6) is 5.88 Å². The lowest BCUT2D eigenvalue weighted by atomic mass is 10.2. The molecule has 0 amide bonds. The molecule has 0 bridgehead atoms. The van der Waals surface area contributed by atoms with Gasteiger partial charge in [-0.3, -0.25) is 5.84 Å². The molecule has 1 aromatic rings. The molecule has 0 radical (unpaired) electrons. The van der Waals surface area contributed by atoms with Crippen LogP contribution in [0.2, 0.25) is 0 Å². The maximum absolute atomic E-state index is 5.28. The Balaban J connectivity index is 2.92. The van der Waals surface area contributed by atoms with Crippen molar-refractivity contribution in [2.24, 2.45) is 5.84 Å². The molecule has 5 nitrogen and oxygen atoms in total. The van der Waals surface area contributed by atoms with E-state index >= 15 is 0 Å². The average molecular weight is 180 g/mol. The van der Waals surface area contributed by atoms with Crippen molar-refractivity contribution in [3.63, 3.8) is 0 Å². The maximum Gasteiger partial charge on any atom is 0.216 e. The third kappa shape index (κ3) is 2.24. The maximum atomic E-state index is 5.28. The third-order valence-corrected chi connectivity index (χ3v) is 1.61. The van der Waals surface area contributed by atoms with Gasteiger partial charge in [-0.2, -0.15) is 0 Å². The highest BCUT2D eigenvalue weighted by atomic mass is 16.5. The van der Waals surface area contributed by atoms with Crippen LogP contribution in [-0.4, -0.2) is 17.1 Å². The minimum atomic E-state index is -0.183. The van der Waals surface area contributed by atoms with Crippen molar-refractivity contribution in [2.75, 3.05) is 7.11 Å². The molecule has 0 aliphatic heterocycles. The molecule has 3 N–H and O–H groups in total. The fraction of sp³-hybridized carbons (Fsp3) is 0.250. The highest BCUT2D eigenvalue weighted by Gasteiger charge is 2.07.